The number of hydrogen-bond donors (Lipinski definition) is 1. The van der Waals surface area contributed by atoms with Crippen LogP contribution in [0.3, 0.4) is 0 Å². The number of rotatable bonds is 6. The minimum absolute atomic E-state index is 0.289. The second-order valence-corrected chi connectivity index (χ2v) is 5.59. The minimum Gasteiger partial charge on any atom is -0.307 e. The first-order valence-corrected chi connectivity index (χ1v) is 8.11. The van der Waals surface area contributed by atoms with Crippen molar-refractivity contribution in [3.8, 4) is 0 Å². The standard InChI is InChI=1S/C20H27N/c1-5-16-12-13-17(6-2)19(14-16)20(21-7-3)18-11-9-8-10-15(18)4/h8-14,20-21H,5-7H2,1-4H3. The minimum atomic E-state index is 0.289. The third kappa shape index (κ3) is 3.54. The quantitative estimate of drug-likeness (QED) is 0.800. The molecular weight excluding hydrogens is 254 g/mol. The van der Waals surface area contributed by atoms with Crippen molar-refractivity contribution in [2.24, 2.45) is 0 Å². The van der Waals surface area contributed by atoms with Gasteiger partial charge in [0.15, 0.2) is 0 Å². The maximum atomic E-state index is 3.68. The molecule has 0 saturated carbocycles. The van der Waals surface area contributed by atoms with Gasteiger partial charge in [0.2, 0.25) is 0 Å². The lowest BCUT2D eigenvalue weighted by Gasteiger charge is -2.24. The highest BCUT2D eigenvalue weighted by Gasteiger charge is 2.17. The Morgan fingerprint density at radius 3 is 2.29 bits per heavy atom. The third-order valence-electron chi connectivity index (χ3n) is 4.22. The van der Waals surface area contributed by atoms with Gasteiger partial charge < -0.3 is 5.32 Å². The normalized spacial score (nSPS) is 12.4. The van der Waals surface area contributed by atoms with E-state index in [9.17, 15) is 0 Å². The van der Waals surface area contributed by atoms with Crippen LogP contribution in [0, 0.1) is 6.92 Å². The van der Waals surface area contributed by atoms with Crippen molar-refractivity contribution in [1.82, 2.24) is 5.32 Å². The molecule has 1 atom stereocenters. The van der Waals surface area contributed by atoms with Gasteiger partial charge in [-0.1, -0.05) is 63.2 Å². The van der Waals surface area contributed by atoms with Crippen LogP contribution in [0.5, 0.6) is 0 Å². The highest BCUT2D eigenvalue weighted by molar-refractivity contribution is 5.42. The number of hydrogen-bond acceptors (Lipinski definition) is 1. The molecule has 1 unspecified atom stereocenters. The molecule has 0 bridgehead atoms. The maximum Gasteiger partial charge on any atom is 0.0582 e. The van der Waals surface area contributed by atoms with E-state index < -0.39 is 0 Å². The van der Waals surface area contributed by atoms with Crippen LogP contribution in [-0.4, -0.2) is 6.54 Å². The van der Waals surface area contributed by atoms with Gasteiger partial charge in [0.05, 0.1) is 6.04 Å². The topological polar surface area (TPSA) is 12.0 Å². The highest BCUT2D eigenvalue weighted by atomic mass is 14.9. The van der Waals surface area contributed by atoms with Gasteiger partial charge in [-0.2, -0.15) is 0 Å². The molecule has 112 valence electrons. The van der Waals surface area contributed by atoms with Gasteiger partial charge in [0.25, 0.3) is 0 Å². The van der Waals surface area contributed by atoms with Crippen molar-refractivity contribution < 1.29 is 0 Å². The zero-order valence-electron chi connectivity index (χ0n) is 13.7. The summed E-state index contributed by atoms with van der Waals surface area (Å²) in [4.78, 5) is 0. The van der Waals surface area contributed by atoms with Gasteiger partial charge in [-0.05, 0) is 54.1 Å². The van der Waals surface area contributed by atoms with Crippen LogP contribution >= 0.6 is 0 Å². The summed E-state index contributed by atoms with van der Waals surface area (Å²) < 4.78 is 0. The predicted octanol–water partition coefficient (Wildman–Crippen LogP) is 4.82. The molecule has 2 aromatic rings. The zero-order chi connectivity index (χ0) is 15.2. The summed E-state index contributed by atoms with van der Waals surface area (Å²) >= 11 is 0. The van der Waals surface area contributed by atoms with Gasteiger partial charge in [0.1, 0.15) is 0 Å². The fraction of sp³-hybridized carbons (Fsp3) is 0.400. The van der Waals surface area contributed by atoms with Gasteiger partial charge in [-0.3, -0.25) is 0 Å². The Balaban J connectivity index is 2.54. The van der Waals surface area contributed by atoms with Crippen molar-refractivity contribution in [1.29, 1.82) is 0 Å². The van der Waals surface area contributed by atoms with Crippen molar-refractivity contribution in [3.63, 3.8) is 0 Å². The summed E-state index contributed by atoms with van der Waals surface area (Å²) in [7, 11) is 0. The fourth-order valence-electron chi connectivity index (χ4n) is 2.96. The van der Waals surface area contributed by atoms with E-state index in [-0.39, 0.29) is 6.04 Å². The Morgan fingerprint density at radius 2 is 1.67 bits per heavy atom. The molecule has 0 radical (unpaired) electrons. The molecule has 0 aromatic heterocycles. The lowest BCUT2D eigenvalue weighted by atomic mass is 9.89. The number of nitrogens with one attached hydrogen (secondary N) is 1. The number of benzene rings is 2. The molecular formula is C20H27N. The van der Waals surface area contributed by atoms with Crippen LogP contribution in [-0.2, 0) is 12.8 Å². The summed E-state index contributed by atoms with van der Waals surface area (Å²) in [5.74, 6) is 0. The van der Waals surface area contributed by atoms with Crippen LogP contribution in [0.2, 0.25) is 0 Å². The average molecular weight is 281 g/mol. The summed E-state index contributed by atoms with van der Waals surface area (Å²) in [6.45, 7) is 9.82. The molecule has 0 aliphatic rings. The largest absolute Gasteiger partial charge is 0.307 e. The lowest BCUT2D eigenvalue weighted by molar-refractivity contribution is 0.622. The van der Waals surface area contributed by atoms with Gasteiger partial charge in [-0.25, -0.2) is 0 Å². The molecule has 1 N–H and O–H groups in total. The zero-order valence-corrected chi connectivity index (χ0v) is 13.7. The van der Waals surface area contributed by atoms with Crippen LogP contribution in [0.15, 0.2) is 42.5 Å². The monoisotopic (exact) mass is 281 g/mol. The van der Waals surface area contributed by atoms with Crippen molar-refractivity contribution in [2.75, 3.05) is 6.54 Å². The smallest absolute Gasteiger partial charge is 0.0582 e. The van der Waals surface area contributed by atoms with Crippen LogP contribution in [0.1, 0.15) is 54.6 Å². The van der Waals surface area contributed by atoms with Crippen molar-refractivity contribution >= 4 is 0 Å². The molecule has 1 heteroatoms. The summed E-state index contributed by atoms with van der Waals surface area (Å²) in [5, 5.41) is 3.68. The van der Waals surface area contributed by atoms with E-state index in [1.165, 1.54) is 27.8 Å². The summed E-state index contributed by atoms with van der Waals surface area (Å²) in [6, 6.07) is 16.0. The first-order chi connectivity index (χ1) is 10.2. The molecule has 0 aliphatic carbocycles. The van der Waals surface area contributed by atoms with E-state index in [0.717, 1.165) is 19.4 Å². The summed E-state index contributed by atoms with van der Waals surface area (Å²) in [5.41, 5.74) is 7.04. The molecule has 0 spiro atoms. The van der Waals surface area contributed by atoms with E-state index in [1.54, 1.807) is 0 Å². The van der Waals surface area contributed by atoms with Gasteiger partial charge in [0, 0.05) is 0 Å². The van der Waals surface area contributed by atoms with Gasteiger partial charge >= 0.3 is 0 Å². The average Bonchev–Trinajstić information content (AvgIpc) is 2.53. The van der Waals surface area contributed by atoms with E-state index in [4.69, 9.17) is 0 Å². The van der Waals surface area contributed by atoms with Crippen LogP contribution < -0.4 is 5.32 Å². The first kappa shape index (κ1) is 15.8. The molecule has 2 aromatic carbocycles. The van der Waals surface area contributed by atoms with E-state index in [2.05, 4.69) is 75.5 Å². The van der Waals surface area contributed by atoms with Crippen LogP contribution in [0.25, 0.3) is 0 Å². The molecule has 0 heterocycles. The Morgan fingerprint density at radius 1 is 0.905 bits per heavy atom. The maximum absolute atomic E-state index is 3.68. The van der Waals surface area contributed by atoms with Crippen molar-refractivity contribution in [3.05, 3.63) is 70.3 Å². The Kier molecular flexibility index (Phi) is 5.58. The lowest BCUT2D eigenvalue weighted by Crippen LogP contribution is -2.24. The molecule has 21 heavy (non-hydrogen) atoms. The van der Waals surface area contributed by atoms with Crippen LogP contribution in [0.4, 0.5) is 0 Å². The van der Waals surface area contributed by atoms with E-state index >= 15 is 0 Å². The molecule has 0 fully saturated rings. The predicted molar refractivity (Wildman–Crippen MR) is 91.9 cm³/mol. The SMILES string of the molecule is CCNC(c1ccccc1C)c1cc(CC)ccc1CC. The Bertz CT molecular complexity index is 586. The molecule has 0 saturated heterocycles. The molecule has 1 nitrogen and oxygen atoms in total. The van der Waals surface area contributed by atoms with E-state index in [0.29, 0.717) is 0 Å². The second kappa shape index (κ2) is 7.42. The van der Waals surface area contributed by atoms with E-state index in [1.807, 2.05) is 0 Å². The summed E-state index contributed by atoms with van der Waals surface area (Å²) in [6.07, 6.45) is 2.16. The fourth-order valence-corrected chi connectivity index (χ4v) is 2.96. The molecule has 0 amide bonds. The highest BCUT2D eigenvalue weighted by Crippen LogP contribution is 2.29. The third-order valence-corrected chi connectivity index (χ3v) is 4.22. The Hall–Kier alpha value is -1.60. The first-order valence-electron chi connectivity index (χ1n) is 8.11. The second-order valence-electron chi connectivity index (χ2n) is 5.59. The molecule has 0 aliphatic heterocycles. The van der Waals surface area contributed by atoms with Crippen molar-refractivity contribution in [2.45, 2.75) is 46.6 Å². The molecule has 2 rings (SSSR count). The number of aryl methyl sites for hydroxylation is 3. The Labute approximate surface area is 129 Å². The van der Waals surface area contributed by atoms with Gasteiger partial charge in [-0.15, -0.1) is 0 Å².